The fourth-order valence-corrected chi connectivity index (χ4v) is 5.15. The average molecular weight is 393 g/mol. The summed E-state index contributed by atoms with van der Waals surface area (Å²) in [5.41, 5.74) is 0. The number of hydrogen-bond acceptors (Lipinski definition) is 5. The second-order valence-corrected chi connectivity index (χ2v) is 10.9. The van der Waals surface area contributed by atoms with E-state index in [9.17, 15) is 8.42 Å². The molecule has 0 bridgehead atoms. The largest absolute Gasteiger partial charge is 0.377 e. The summed E-state index contributed by atoms with van der Waals surface area (Å²) in [7, 11) is -1.57. The molecule has 2 heterocycles. The van der Waals surface area contributed by atoms with Crippen LogP contribution in [-0.4, -0.2) is 81.5 Å². The second kappa shape index (κ2) is 9.43. The summed E-state index contributed by atoms with van der Waals surface area (Å²) in [6.07, 6.45) is 3.11. The second-order valence-electron chi connectivity index (χ2n) is 7.16. The molecule has 0 aromatic rings. The Bertz CT molecular complexity index is 546. The lowest BCUT2D eigenvalue weighted by Crippen LogP contribution is -2.51. The lowest BCUT2D eigenvalue weighted by molar-refractivity contribution is 0.0200. The van der Waals surface area contributed by atoms with Crippen molar-refractivity contribution in [2.45, 2.75) is 44.0 Å². The quantitative estimate of drug-likeness (QED) is 0.516. The molecule has 146 valence electrons. The average Bonchev–Trinajstić information content (AvgIpc) is 2.57. The van der Waals surface area contributed by atoms with Gasteiger partial charge < -0.3 is 15.0 Å². The molecule has 9 heteroatoms. The van der Waals surface area contributed by atoms with Crippen LogP contribution in [0.1, 0.15) is 33.1 Å². The smallest absolute Gasteiger partial charge is 0.213 e. The molecular formula is C16H32N4O3S2. The Labute approximate surface area is 156 Å². The normalized spacial score (nSPS) is 25.0. The van der Waals surface area contributed by atoms with Crippen LogP contribution >= 0.6 is 11.8 Å². The first-order valence-corrected chi connectivity index (χ1v) is 11.6. The van der Waals surface area contributed by atoms with Crippen molar-refractivity contribution in [1.29, 1.82) is 0 Å². The highest BCUT2D eigenvalue weighted by molar-refractivity contribution is 8.00. The highest BCUT2D eigenvalue weighted by Crippen LogP contribution is 2.29. The standard InChI is InChI=1S/C16H32N4O3S2/c1-16(2)13-20(8-10-24-16)15(17-3)18-7-11-25(21,22)19-12-14-6-4-5-9-23-14/h14,19H,4-13H2,1-3H3,(H,17,18). The summed E-state index contributed by atoms with van der Waals surface area (Å²) < 4.78 is 32.7. The minimum absolute atomic E-state index is 0.0114. The van der Waals surface area contributed by atoms with E-state index in [0.29, 0.717) is 13.1 Å². The zero-order valence-electron chi connectivity index (χ0n) is 15.6. The van der Waals surface area contributed by atoms with Crippen molar-refractivity contribution in [3.05, 3.63) is 0 Å². The molecule has 0 saturated carbocycles. The molecule has 0 aliphatic carbocycles. The van der Waals surface area contributed by atoms with E-state index in [0.717, 1.165) is 50.7 Å². The Balaban J connectivity index is 1.73. The monoisotopic (exact) mass is 392 g/mol. The molecule has 2 rings (SSSR count). The summed E-state index contributed by atoms with van der Waals surface area (Å²) in [4.78, 5) is 6.50. The van der Waals surface area contributed by atoms with E-state index in [4.69, 9.17) is 4.74 Å². The van der Waals surface area contributed by atoms with E-state index in [-0.39, 0.29) is 16.6 Å². The van der Waals surface area contributed by atoms with Crippen LogP contribution in [0, 0.1) is 0 Å². The van der Waals surface area contributed by atoms with Crippen molar-refractivity contribution in [1.82, 2.24) is 14.9 Å². The molecule has 0 spiro atoms. The number of aliphatic imine (C=N–C) groups is 1. The van der Waals surface area contributed by atoms with Crippen molar-refractivity contribution >= 4 is 27.7 Å². The first kappa shape index (κ1) is 20.8. The van der Waals surface area contributed by atoms with Gasteiger partial charge >= 0.3 is 0 Å². The van der Waals surface area contributed by atoms with Crippen LogP contribution in [0.25, 0.3) is 0 Å². The molecule has 2 N–H and O–H groups in total. The van der Waals surface area contributed by atoms with Gasteiger partial charge in [0.05, 0.1) is 11.9 Å². The molecule has 0 amide bonds. The van der Waals surface area contributed by atoms with Gasteiger partial charge in [0.15, 0.2) is 5.96 Å². The predicted molar refractivity (Wildman–Crippen MR) is 105 cm³/mol. The summed E-state index contributed by atoms with van der Waals surface area (Å²) >= 11 is 1.96. The Hall–Kier alpha value is -0.510. The van der Waals surface area contributed by atoms with Gasteiger partial charge in [-0.3, -0.25) is 4.99 Å². The fraction of sp³-hybridized carbons (Fsp3) is 0.938. The van der Waals surface area contributed by atoms with E-state index in [2.05, 4.69) is 33.8 Å². The number of nitrogens with zero attached hydrogens (tertiary/aromatic N) is 2. The Morgan fingerprint density at radius 3 is 2.84 bits per heavy atom. The molecule has 2 fully saturated rings. The van der Waals surface area contributed by atoms with E-state index < -0.39 is 10.0 Å². The number of guanidine groups is 1. The van der Waals surface area contributed by atoms with Gasteiger partial charge in [0.25, 0.3) is 0 Å². The minimum Gasteiger partial charge on any atom is -0.377 e. The van der Waals surface area contributed by atoms with Gasteiger partial charge in [0, 0.05) is 50.3 Å². The van der Waals surface area contributed by atoms with Crippen molar-refractivity contribution in [3.63, 3.8) is 0 Å². The van der Waals surface area contributed by atoms with Crippen LogP contribution in [0.3, 0.4) is 0 Å². The maximum Gasteiger partial charge on any atom is 0.213 e. The van der Waals surface area contributed by atoms with Gasteiger partial charge in [0.2, 0.25) is 10.0 Å². The number of thioether (sulfide) groups is 1. The van der Waals surface area contributed by atoms with Crippen molar-refractivity contribution in [3.8, 4) is 0 Å². The van der Waals surface area contributed by atoms with Crippen LogP contribution in [0.2, 0.25) is 0 Å². The van der Waals surface area contributed by atoms with Crippen molar-refractivity contribution in [2.75, 3.05) is 51.3 Å². The highest BCUT2D eigenvalue weighted by atomic mass is 32.2. The van der Waals surface area contributed by atoms with Gasteiger partial charge in [-0.25, -0.2) is 13.1 Å². The third-order valence-electron chi connectivity index (χ3n) is 4.40. The molecule has 0 radical (unpaired) electrons. The van der Waals surface area contributed by atoms with Gasteiger partial charge in [-0.05, 0) is 33.1 Å². The summed E-state index contributed by atoms with van der Waals surface area (Å²) in [6, 6.07) is 0. The van der Waals surface area contributed by atoms with Gasteiger partial charge in [-0.2, -0.15) is 11.8 Å². The minimum atomic E-state index is -3.31. The summed E-state index contributed by atoms with van der Waals surface area (Å²) in [5, 5.41) is 3.19. The maximum absolute atomic E-state index is 12.2. The fourth-order valence-electron chi connectivity index (χ4n) is 3.09. The van der Waals surface area contributed by atoms with E-state index >= 15 is 0 Å². The van der Waals surface area contributed by atoms with Crippen LogP contribution < -0.4 is 10.0 Å². The predicted octanol–water partition coefficient (Wildman–Crippen LogP) is 0.878. The summed E-state index contributed by atoms with van der Waals surface area (Å²) in [6.45, 7) is 7.72. The molecule has 7 nitrogen and oxygen atoms in total. The van der Waals surface area contributed by atoms with E-state index in [1.807, 2.05) is 11.8 Å². The van der Waals surface area contributed by atoms with Crippen LogP contribution in [0.4, 0.5) is 0 Å². The molecule has 0 aromatic carbocycles. The first-order valence-electron chi connectivity index (χ1n) is 9.00. The SMILES string of the molecule is CN=C(NCCS(=O)(=O)NCC1CCCCO1)N1CCSC(C)(C)C1. The van der Waals surface area contributed by atoms with E-state index in [1.54, 1.807) is 7.05 Å². The Kier molecular flexibility index (Phi) is 7.85. The van der Waals surface area contributed by atoms with Gasteiger partial charge in [-0.1, -0.05) is 0 Å². The lowest BCUT2D eigenvalue weighted by Gasteiger charge is -2.39. The first-order chi connectivity index (χ1) is 11.8. The third kappa shape index (κ3) is 7.32. The van der Waals surface area contributed by atoms with E-state index in [1.165, 1.54) is 0 Å². The molecule has 2 aliphatic rings. The lowest BCUT2D eigenvalue weighted by atomic mass is 10.1. The summed E-state index contributed by atoms with van der Waals surface area (Å²) in [5.74, 6) is 1.86. The molecule has 2 aliphatic heterocycles. The zero-order chi connectivity index (χ0) is 18.3. The molecule has 1 atom stereocenters. The number of ether oxygens (including phenoxy) is 1. The van der Waals surface area contributed by atoms with Crippen LogP contribution in [-0.2, 0) is 14.8 Å². The molecule has 2 saturated heterocycles. The van der Waals surface area contributed by atoms with Crippen LogP contribution in [0.5, 0.6) is 0 Å². The Morgan fingerprint density at radius 1 is 1.40 bits per heavy atom. The molecule has 1 unspecified atom stereocenters. The number of hydrogen-bond donors (Lipinski definition) is 2. The van der Waals surface area contributed by atoms with Gasteiger partial charge in [-0.15, -0.1) is 0 Å². The third-order valence-corrected chi connectivity index (χ3v) is 7.04. The van der Waals surface area contributed by atoms with Crippen LogP contribution in [0.15, 0.2) is 4.99 Å². The number of nitrogens with one attached hydrogen (secondary N) is 2. The van der Waals surface area contributed by atoms with Gasteiger partial charge in [0.1, 0.15) is 0 Å². The van der Waals surface area contributed by atoms with Crippen molar-refractivity contribution < 1.29 is 13.2 Å². The maximum atomic E-state index is 12.2. The Morgan fingerprint density at radius 2 is 2.20 bits per heavy atom. The highest BCUT2D eigenvalue weighted by Gasteiger charge is 2.28. The number of rotatable bonds is 6. The van der Waals surface area contributed by atoms with Crippen molar-refractivity contribution in [2.24, 2.45) is 4.99 Å². The molecule has 25 heavy (non-hydrogen) atoms. The molecular weight excluding hydrogens is 360 g/mol. The number of sulfonamides is 1. The topological polar surface area (TPSA) is 83.0 Å². The zero-order valence-corrected chi connectivity index (χ0v) is 17.2. The molecule has 0 aromatic heterocycles.